The molecule has 1 N–H and O–H groups in total. The number of carbonyl (C=O) groups excluding carboxylic acids is 2. The molecule has 172 valence electrons. The zero-order valence-corrected chi connectivity index (χ0v) is 17.6. The van der Waals surface area contributed by atoms with Gasteiger partial charge in [-0.25, -0.2) is 4.79 Å². The molecule has 0 aromatic carbocycles. The van der Waals surface area contributed by atoms with Gasteiger partial charge in [0.05, 0.1) is 13.5 Å². The van der Waals surface area contributed by atoms with Crippen molar-refractivity contribution in [2.75, 3.05) is 40.8 Å². The number of methoxy groups -OCH3 is 1. The Morgan fingerprint density at radius 1 is 0.897 bits per heavy atom. The maximum Gasteiger partial charge on any atom is 0.490 e. The van der Waals surface area contributed by atoms with Gasteiger partial charge >= 0.3 is 24.1 Å². The van der Waals surface area contributed by atoms with Gasteiger partial charge in [-0.05, 0) is 33.5 Å². The highest BCUT2D eigenvalue weighted by molar-refractivity contribution is 5.73. The van der Waals surface area contributed by atoms with E-state index in [0.29, 0.717) is 13.1 Å². The second kappa shape index (κ2) is 17.0. The number of nitrogens with zero attached hydrogens (tertiary/aromatic N) is 2. The first-order chi connectivity index (χ1) is 13.4. The van der Waals surface area contributed by atoms with Crippen LogP contribution in [0.2, 0.25) is 0 Å². The van der Waals surface area contributed by atoms with Gasteiger partial charge in [-0.2, -0.15) is 13.2 Å². The zero-order valence-electron chi connectivity index (χ0n) is 17.6. The highest BCUT2D eigenvalue weighted by atomic mass is 19.4. The topological polar surface area (TPSA) is 96.4 Å². The Kier molecular flexibility index (Phi) is 17.2. The van der Waals surface area contributed by atoms with Crippen LogP contribution in [0.3, 0.4) is 0 Å². The Labute approximate surface area is 169 Å². The van der Waals surface area contributed by atoms with Gasteiger partial charge in [0.25, 0.3) is 0 Å². The van der Waals surface area contributed by atoms with E-state index in [-0.39, 0.29) is 18.4 Å². The molecule has 0 bridgehead atoms. The lowest BCUT2D eigenvalue weighted by Crippen LogP contribution is -2.30. The van der Waals surface area contributed by atoms with Gasteiger partial charge in [0.2, 0.25) is 0 Å². The Hall–Kier alpha value is -1.88. The van der Waals surface area contributed by atoms with Gasteiger partial charge in [0.15, 0.2) is 0 Å². The van der Waals surface area contributed by atoms with E-state index in [1.807, 2.05) is 0 Å². The second-order valence-corrected chi connectivity index (χ2v) is 6.57. The van der Waals surface area contributed by atoms with Gasteiger partial charge in [0, 0.05) is 20.0 Å². The fourth-order valence-corrected chi connectivity index (χ4v) is 2.13. The number of alkyl halides is 3. The molecule has 29 heavy (non-hydrogen) atoms. The molecule has 0 aliphatic rings. The van der Waals surface area contributed by atoms with E-state index in [2.05, 4.69) is 23.7 Å². The summed E-state index contributed by atoms with van der Waals surface area (Å²) in [4.78, 5) is 38.4. The van der Waals surface area contributed by atoms with Crippen molar-refractivity contribution >= 4 is 17.9 Å². The number of esters is 1. The summed E-state index contributed by atoms with van der Waals surface area (Å²) in [6.45, 7) is 3.56. The van der Waals surface area contributed by atoms with Crippen LogP contribution in [0.1, 0.15) is 51.9 Å². The van der Waals surface area contributed by atoms with Crippen LogP contribution in [-0.2, 0) is 24.0 Å². The lowest BCUT2D eigenvalue weighted by Gasteiger charge is -2.19. The van der Waals surface area contributed by atoms with Crippen LogP contribution >= 0.6 is 0 Å². The summed E-state index contributed by atoms with van der Waals surface area (Å²) < 4.78 is 36.3. The minimum atomic E-state index is -5.08. The molecule has 0 unspecified atom stereocenters. The van der Waals surface area contributed by atoms with Gasteiger partial charge in [-0.15, -0.1) is 5.06 Å². The van der Waals surface area contributed by atoms with Crippen molar-refractivity contribution in [1.29, 1.82) is 0 Å². The molecule has 0 rings (SSSR count). The van der Waals surface area contributed by atoms with Crippen molar-refractivity contribution in [3.8, 4) is 0 Å². The molecule has 0 spiro atoms. The Morgan fingerprint density at radius 3 is 1.72 bits per heavy atom. The number of hydrogen-bond acceptors (Lipinski definition) is 7. The average Bonchev–Trinajstić information content (AvgIpc) is 2.60. The Bertz CT molecular complexity index is 473. The number of aliphatic carboxylic acids is 1. The fraction of sp³-hybridized carbons (Fsp3) is 0.833. The van der Waals surface area contributed by atoms with Gasteiger partial charge in [0.1, 0.15) is 0 Å². The summed E-state index contributed by atoms with van der Waals surface area (Å²) in [6, 6.07) is 0. The molecular weight excluding hydrogens is 397 g/mol. The molecule has 0 aliphatic carbocycles. The number of unbranched alkanes of at least 4 members (excludes halogenated alkanes) is 5. The summed E-state index contributed by atoms with van der Waals surface area (Å²) in [7, 11) is 5.55. The molecule has 8 nitrogen and oxygen atoms in total. The van der Waals surface area contributed by atoms with Crippen LogP contribution in [0.25, 0.3) is 0 Å². The summed E-state index contributed by atoms with van der Waals surface area (Å²) in [5, 5.41) is 8.69. The number of hydroxylamine groups is 2. The first-order valence-corrected chi connectivity index (χ1v) is 9.35. The number of halogens is 3. The normalized spacial score (nSPS) is 11.1. The second-order valence-electron chi connectivity index (χ2n) is 6.57. The first kappa shape index (κ1) is 29.3. The van der Waals surface area contributed by atoms with Crippen molar-refractivity contribution < 1.29 is 42.2 Å². The third-order valence-corrected chi connectivity index (χ3v) is 3.56. The molecule has 0 atom stereocenters. The van der Waals surface area contributed by atoms with Crippen LogP contribution in [0.5, 0.6) is 0 Å². The molecule has 0 amide bonds. The number of ether oxygens (including phenoxy) is 1. The van der Waals surface area contributed by atoms with Crippen LogP contribution in [0.4, 0.5) is 13.2 Å². The molecule has 0 aromatic rings. The lowest BCUT2D eigenvalue weighted by molar-refractivity contribution is -0.192. The minimum Gasteiger partial charge on any atom is -0.475 e. The van der Waals surface area contributed by atoms with Crippen molar-refractivity contribution in [3.05, 3.63) is 0 Å². The monoisotopic (exact) mass is 430 g/mol. The van der Waals surface area contributed by atoms with Gasteiger partial charge in [-0.1, -0.05) is 25.7 Å². The number of carbonyl (C=O) groups is 3. The summed E-state index contributed by atoms with van der Waals surface area (Å²) >= 11 is 0. The zero-order chi connectivity index (χ0) is 22.9. The Balaban J connectivity index is 0. The predicted molar refractivity (Wildman–Crippen MR) is 99.9 cm³/mol. The SMILES string of the molecule is COC(=O)CCN(CCCCCCCCN(C)C)OC(C)=O.O=C(O)C(F)(F)F. The van der Waals surface area contributed by atoms with E-state index >= 15 is 0 Å². The maximum absolute atomic E-state index is 11.1. The smallest absolute Gasteiger partial charge is 0.475 e. The van der Waals surface area contributed by atoms with Gasteiger partial charge < -0.3 is 19.6 Å². The van der Waals surface area contributed by atoms with E-state index in [4.69, 9.17) is 14.7 Å². The molecule has 0 radical (unpaired) electrons. The number of rotatable bonds is 13. The molecule has 0 fully saturated rings. The van der Waals surface area contributed by atoms with Gasteiger partial charge in [-0.3, -0.25) is 9.59 Å². The highest BCUT2D eigenvalue weighted by Crippen LogP contribution is 2.13. The third-order valence-electron chi connectivity index (χ3n) is 3.56. The molecular formula is C18H33F3N2O6. The fourth-order valence-electron chi connectivity index (χ4n) is 2.13. The largest absolute Gasteiger partial charge is 0.490 e. The van der Waals surface area contributed by atoms with E-state index in [1.54, 1.807) is 5.06 Å². The quantitative estimate of drug-likeness (QED) is 0.271. The van der Waals surface area contributed by atoms with E-state index in [9.17, 15) is 22.8 Å². The Morgan fingerprint density at radius 2 is 1.34 bits per heavy atom. The highest BCUT2D eigenvalue weighted by Gasteiger charge is 2.38. The van der Waals surface area contributed by atoms with E-state index in [0.717, 1.165) is 19.4 Å². The lowest BCUT2D eigenvalue weighted by atomic mass is 10.1. The van der Waals surface area contributed by atoms with Crippen LogP contribution in [0.15, 0.2) is 0 Å². The van der Waals surface area contributed by atoms with Crippen molar-refractivity contribution in [3.63, 3.8) is 0 Å². The van der Waals surface area contributed by atoms with Crippen molar-refractivity contribution in [1.82, 2.24) is 9.96 Å². The molecule has 0 saturated heterocycles. The number of hydrogen-bond donors (Lipinski definition) is 1. The van der Waals surface area contributed by atoms with E-state index < -0.39 is 12.1 Å². The molecule has 0 aliphatic heterocycles. The standard InChI is InChI=1S/C16H32N2O4.C2HF3O2/c1-15(19)22-18(14-11-16(20)21-4)13-10-8-6-5-7-9-12-17(2)3;3-2(4,5)1(6)7/h5-14H2,1-4H3;(H,6,7). The summed E-state index contributed by atoms with van der Waals surface area (Å²) in [5.74, 6) is -3.40. The molecule has 0 heterocycles. The third kappa shape index (κ3) is 22.3. The van der Waals surface area contributed by atoms with E-state index in [1.165, 1.54) is 39.7 Å². The molecule has 0 saturated carbocycles. The van der Waals surface area contributed by atoms with Crippen molar-refractivity contribution in [2.24, 2.45) is 0 Å². The minimum absolute atomic E-state index is 0.230. The first-order valence-electron chi connectivity index (χ1n) is 9.35. The maximum atomic E-state index is 11.1. The average molecular weight is 430 g/mol. The van der Waals surface area contributed by atoms with Crippen LogP contribution in [-0.4, -0.2) is 80.0 Å². The van der Waals surface area contributed by atoms with Crippen LogP contribution in [0, 0.1) is 0 Å². The van der Waals surface area contributed by atoms with Crippen molar-refractivity contribution in [2.45, 2.75) is 58.0 Å². The number of carboxylic acids is 1. The summed E-state index contributed by atoms with van der Waals surface area (Å²) in [6.07, 6.45) is 2.15. The predicted octanol–water partition coefficient (Wildman–Crippen LogP) is 2.87. The molecule has 0 aromatic heterocycles. The summed E-state index contributed by atoms with van der Waals surface area (Å²) in [5.41, 5.74) is 0. The van der Waals surface area contributed by atoms with Crippen LogP contribution < -0.4 is 0 Å². The number of carboxylic acid groups (broad SMARTS) is 1. The molecule has 11 heteroatoms.